The van der Waals surface area contributed by atoms with E-state index in [0.29, 0.717) is 18.7 Å². The van der Waals surface area contributed by atoms with Crippen LogP contribution in [0.2, 0.25) is 0 Å². The monoisotopic (exact) mass is 382 g/mol. The van der Waals surface area contributed by atoms with E-state index in [1.807, 2.05) is 70.2 Å². The lowest BCUT2D eigenvalue weighted by Gasteiger charge is -2.30. The first kappa shape index (κ1) is 21.5. The number of likely N-dealkylation sites (N-methyl/N-ethyl adjacent to an activating group) is 1. The van der Waals surface area contributed by atoms with Crippen LogP contribution in [0.25, 0.3) is 0 Å². The van der Waals surface area contributed by atoms with Gasteiger partial charge in [0.2, 0.25) is 5.91 Å². The van der Waals surface area contributed by atoms with E-state index in [9.17, 15) is 9.59 Å². The maximum absolute atomic E-state index is 13.0. The molecule has 0 bridgehead atoms. The molecule has 0 aliphatic carbocycles. The van der Waals surface area contributed by atoms with E-state index in [4.69, 9.17) is 4.74 Å². The molecule has 28 heavy (non-hydrogen) atoms. The Bertz CT molecular complexity index is 832. The summed E-state index contributed by atoms with van der Waals surface area (Å²) in [6.45, 7) is 8.21. The maximum atomic E-state index is 13.0. The highest BCUT2D eigenvalue weighted by molar-refractivity contribution is 5.88. The van der Waals surface area contributed by atoms with Crippen molar-refractivity contribution < 1.29 is 14.3 Å². The van der Waals surface area contributed by atoms with Crippen molar-refractivity contribution in [3.63, 3.8) is 0 Å². The van der Waals surface area contributed by atoms with Gasteiger partial charge < -0.3 is 15.0 Å². The third-order valence-electron chi connectivity index (χ3n) is 5.07. The lowest BCUT2D eigenvalue weighted by atomic mass is 10.1. The first-order chi connectivity index (χ1) is 13.4. The van der Waals surface area contributed by atoms with Crippen LogP contribution in [0.15, 0.2) is 42.5 Å². The fourth-order valence-electron chi connectivity index (χ4n) is 3.09. The maximum Gasteiger partial charge on any atom is 0.261 e. The molecule has 0 saturated heterocycles. The fourth-order valence-corrected chi connectivity index (χ4v) is 3.09. The van der Waals surface area contributed by atoms with Gasteiger partial charge in [-0.1, -0.05) is 37.3 Å². The summed E-state index contributed by atoms with van der Waals surface area (Å²) in [6, 6.07) is 13.1. The molecule has 2 amide bonds. The molecule has 0 aliphatic heterocycles. The number of hydrogen-bond donors (Lipinski definition) is 1. The Kier molecular flexibility index (Phi) is 7.61. The second-order valence-electron chi connectivity index (χ2n) is 7.02. The summed E-state index contributed by atoms with van der Waals surface area (Å²) in [6.07, 6.45) is 0.529. The third kappa shape index (κ3) is 5.35. The van der Waals surface area contributed by atoms with Crippen LogP contribution in [-0.2, 0) is 16.1 Å². The Labute approximate surface area is 167 Å². The number of nitrogens with zero attached hydrogens (tertiary/aromatic N) is 1. The molecule has 5 heteroatoms. The molecule has 0 saturated carbocycles. The Morgan fingerprint density at radius 3 is 2.36 bits per heavy atom. The Morgan fingerprint density at radius 2 is 1.75 bits per heavy atom. The average molecular weight is 383 g/mol. The Morgan fingerprint density at radius 1 is 1.04 bits per heavy atom. The quantitative estimate of drug-likeness (QED) is 0.760. The summed E-state index contributed by atoms with van der Waals surface area (Å²) in [5.41, 5.74) is 4.38. The predicted molar refractivity (Wildman–Crippen MR) is 111 cm³/mol. The second kappa shape index (κ2) is 9.93. The molecule has 0 aromatic heterocycles. The normalized spacial score (nSPS) is 11.6. The van der Waals surface area contributed by atoms with Crippen LogP contribution in [0.3, 0.4) is 0 Å². The Balaban J connectivity index is 2.21. The molecule has 2 rings (SSSR count). The molecule has 150 valence electrons. The van der Waals surface area contributed by atoms with Crippen molar-refractivity contribution in [2.45, 2.75) is 46.7 Å². The van der Waals surface area contributed by atoms with Crippen molar-refractivity contribution in [1.29, 1.82) is 0 Å². The van der Waals surface area contributed by atoms with Crippen molar-refractivity contribution in [3.05, 3.63) is 64.7 Å². The van der Waals surface area contributed by atoms with E-state index in [0.717, 1.165) is 16.7 Å². The SMILES string of the molecule is CCC(C(=O)NC)N(Cc1ccccc1C)C(=O)COc1ccc(C)c(C)c1. The number of aryl methyl sites for hydroxylation is 3. The van der Waals surface area contributed by atoms with Gasteiger partial charge in [-0.3, -0.25) is 9.59 Å². The predicted octanol–water partition coefficient (Wildman–Crippen LogP) is 3.54. The third-order valence-corrected chi connectivity index (χ3v) is 5.07. The molecular weight excluding hydrogens is 352 g/mol. The van der Waals surface area contributed by atoms with Gasteiger partial charge in [-0.15, -0.1) is 0 Å². The average Bonchev–Trinajstić information content (AvgIpc) is 2.69. The van der Waals surface area contributed by atoms with Crippen molar-refractivity contribution in [1.82, 2.24) is 10.2 Å². The lowest BCUT2D eigenvalue weighted by molar-refractivity contribution is -0.142. The van der Waals surface area contributed by atoms with E-state index >= 15 is 0 Å². The minimum Gasteiger partial charge on any atom is -0.484 e. The molecule has 1 atom stereocenters. The highest BCUT2D eigenvalue weighted by Crippen LogP contribution is 2.18. The van der Waals surface area contributed by atoms with Gasteiger partial charge in [-0.05, 0) is 61.6 Å². The first-order valence-electron chi connectivity index (χ1n) is 9.63. The second-order valence-corrected chi connectivity index (χ2v) is 7.02. The van der Waals surface area contributed by atoms with Crippen molar-refractivity contribution in [3.8, 4) is 5.75 Å². The van der Waals surface area contributed by atoms with Crippen LogP contribution in [0.1, 0.15) is 35.6 Å². The minimum absolute atomic E-state index is 0.109. The zero-order valence-corrected chi connectivity index (χ0v) is 17.4. The molecule has 0 fully saturated rings. The van der Waals surface area contributed by atoms with E-state index in [-0.39, 0.29) is 18.4 Å². The molecule has 1 unspecified atom stereocenters. The topological polar surface area (TPSA) is 58.6 Å². The minimum atomic E-state index is -0.541. The number of ether oxygens (including phenoxy) is 1. The number of carbonyl (C=O) groups excluding carboxylic acids is 2. The van der Waals surface area contributed by atoms with E-state index in [2.05, 4.69) is 5.32 Å². The molecule has 0 heterocycles. The molecule has 0 spiro atoms. The van der Waals surface area contributed by atoms with Gasteiger partial charge in [0.05, 0.1) is 0 Å². The number of nitrogens with one attached hydrogen (secondary N) is 1. The van der Waals surface area contributed by atoms with Crippen molar-refractivity contribution >= 4 is 11.8 Å². The summed E-state index contributed by atoms with van der Waals surface area (Å²) in [4.78, 5) is 27.0. The summed E-state index contributed by atoms with van der Waals surface area (Å²) in [5, 5.41) is 2.67. The highest BCUT2D eigenvalue weighted by Gasteiger charge is 2.28. The lowest BCUT2D eigenvalue weighted by Crippen LogP contribution is -2.49. The number of hydrogen-bond acceptors (Lipinski definition) is 3. The van der Waals surface area contributed by atoms with Gasteiger partial charge in [0.15, 0.2) is 6.61 Å². The van der Waals surface area contributed by atoms with Gasteiger partial charge in [-0.2, -0.15) is 0 Å². The molecule has 0 radical (unpaired) electrons. The number of rotatable bonds is 8. The molecule has 0 aliphatic rings. The number of benzene rings is 2. The first-order valence-corrected chi connectivity index (χ1v) is 9.63. The van der Waals surface area contributed by atoms with Crippen LogP contribution in [-0.4, -0.2) is 36.4 Å². The zero-order chi connectivity index (χ0) is 20.7. The van der Waals surface area contributed by atoms with Gasteiger partial charge in [0, 0.05) is 13.6 Å². The van der Waals surface area contributed by atoms with Gasteiger partial charge in [-0.25, -0.2) is 0 Å². The van der Waals surface area contributed by atoms with E-state index in [1.54, 1.807) is 11.9 Å². The van der Waals surface area contributed by atoms with Gasteiger partial charge >= 0.3 is 0 Å². The van der Waals surface area contributed by atoms with E-state index in [1.165, 1.54) is 5.56 Å². The highest BCUT2D eigenvalue weighted by atomic mass is 16.5. The van der Waals surface area contributed by atoms with Crippen LogP contribution < -0.4 is 10.1 Å². The summed E-state index contributed by atoms with van der Waals surface area (Å²) >= 11 is 0. The molecule has 5 nitrogen and oxygen atoms in total. The molecule has 2 aromatic rings. The Hall–Kier alpha value is -2.82. The van der Waals surface area contributed by atoms with Crippen LogP contribution >= 0.6 is 0 Å². The fraction of sp³-hybridized carbons (Fsp3) is 0.391. The largest absolute Gasteiger partial charge is 0.484 e. The zero-order valence-electron chi connectivity index (χ0n) is 17.4. The van der Waals surface area contributed by atoms with Crippen LogP contribution in [0.5, 0.6) is 5.75 Å². The summed E-state index contributed by atoms with van der Waals surface area (Å²) in [7, 11) is 1.59. The molecule has 2 aromatic carbocycles. The van der Waals surface area contributed by atoms with E-state index < -0.39 is 6.04 Å². The summed E-state index contributed by atoms with van der Waals surface area (Å²) < 4.78 is 5.74. The molecular formula is C23H30N2O3. The standard InChI is InChI=1S/C23H30N2O3/c1-6-21(23(27)24-5)25(14-19-10-8-7-9-17(19)3)22(26)15-28-20-12-11-16(2)18(4)13-20/h7-13,21H,6,14-15H2,1-5H3,(H,24,27). The van der Waals surface area contributed by atoms with Crippen molar-refractivity contribution in [2.75, 3.05) is 13.7 Å². The van der Waals surface area contributed by atoms with Crippen molar-refractivity contribution in [2.24, 2.45) is 0 Å². The summed E-state index contributed by atoms with van der Waals surface area (Å²) in [5.74, 6) is 0.271. The van der Waals surface area contributed by atoms with Crippen LogP contribution in [0, 0.1) is 20.8 Å². The smallest absolute Gasteiger partial charge is 0.261 e. The van der Waals surface area contributed by atoms with Gasteiger partial charge in [0.1, 0.15) is 11.8 Å². The van der Waals surface area contributed by atoms with Gasteiger partial charge in [0.25, 0.3) is 5.91 Å². The molecule has 1 N–H and O–H groups in total. The van der Waals surface area contributed by atoms with Crippen LogP contribution in [0.4, 0.5) is 0 Å². The number of carbonyl (C=O) groups is 2. The number of amides is 2.